The molecule has 8 nitrogen and oxygen atoms in total. The van der Waals surface area contributed by atoms with Crippen LogP contribution in [0.3, 0.4) is 0 Å². The molecule has 0 bridgehead atoms. The third-order valence-corrected chi connectivity index (χ3v) is 6.72. The minimum absolute atomic E-state index is 0.0847. The van der Waals surface area contributed by atoms with Gasteiger partial charge in [0.05, 0.1) is 11.1 Å². The zero-order valence-electron chi connectivity index (χ0n) is 21.6. The number of thiazole rings is 1. The Kier molecular flexibility index (Phi) is 7.86. The van der Waals surface area contributed by atoms with E-state index in [2.05, 4.69) is 20.6 Å². The second kappa shape index (κ2) is 11.0. The van der Waals surface area contributed by atoms with E-state index in [1.54, 1.807) is 31.3 Å². The van der Waals surface area contributed by atoms with Crippen LogP contribution in [0.1, 0.15) is 43.7 Å². The topological polar surface area (TPSA) is 106 Å². The van der Waals surface area contributed by atoms with Crippen LogP contribution in [-0.2, 0) is 12.7 Å². The lowest BCUT2D eigenvalue weighted by molar-refractivity contribution is -0.140. The first-order valence-corrected chi connectivity index (χ1v) is 13.0. The Morgan fingerprint density at radius 3 is 2.51 bits per heavy atom. The van der Waals surface area contributed by atoms with Gasteiger partial charge in [0.2, 0.25) is 0 Å². The van der Waals surface area contributed by atoms with E-state index in [0.717, 1.165) is 16.7 Å². The number of Topliss-reactive ketones (excluding diaryl/α,β-unsaturated/α-hetero) is 1. The normalized spacial score (nSPS) is 11.7. The molecule has 0 fully saturated rings. The van der Waals surface area contributed by atoms with Crippen molar-refractivity contribution in [3.63, 3.8) is 0 Å². The maximum absolute atomic E-state index is 13.3. The van der Waals surface area contributed by atoms with Gasteiger partial charge in [-0.1, -0.05) is 19.9 Å². The van der Waals surface area contributed by atoms with E-state index in [0.29, 0.717) is 40.7 Å². The van der Waals surface area contributed by atoms with Crippen molar-refractivity contribution in [2.24, 2.45) is 5.92 Å². The van der Waals surface area contributed by atoms with Gasteiger partial charge in [0, 0.05) is 47.4 Å². The Hall–Kier alpha value is -4.06. The number of halogens is 3. The third-order valence-electron chi connectivity index (χ3n) is 5.84. The van der Waals surface area contributed by atoms with Crippen LogP contribution in [0.2, 0.25) is 0 Å². The number of nitrogens with one attached hydrogen (secondary N) is 2. The molecular weight excluding hydrogens is 531 g/mol. The third kappa shape index (κ3) is 6.00. The zero-order valence-corrected chi connectivity index (χ0v) is 22.5. The Morgan fingerprint density at radius 1 is 1.15 bits per heavy atom. The molecule has 2 N–H and O–H groups in total. The van der Waals surface area contributed by atoms with Crippen molar-refractivity contribution in [1.29, 1.82) is 0 Å². The van der Waals surface area contributed by atoms with Gasteiger partial charge in [0.25, 0.3) is 0 Å². The first-order valence-electron chi connectivity index (χ1n) is 12.2. The van der Waals surface area contributed by atoms with Crippen LogP contribution in [-0.4, -0.2) is 32.9 Å². The van der Waals surface area contributed by atoms with Crippen molar-refractivity contribution in [2.75, 3.05) is 11.9 Å². The maximum atomic E-state index is 13.3. The molecule has 3 aromatic heterocycles. The Bertz CT molecular complexity index is 1630. The summed E-state index contributed by atoms with van der Waals surface area (Å²) in [5.41, 5.74) is 0.604. The van der Waals surface area contributed by atoms with Gasteiger partial charge in [-0.25, -0.2) is 14.8 Å². The molecule has 4 aromatic rings. The van der Waals surface area contributed by atoms with Crippen LogP contribution < -0.4 is 16.1 Å². The fraction of sp³-hybridized carbons (Fsp3) is 0.296. The second-order valence-corrected chi connectivity index (χ2v) is 10.2. The van der Waals surface area contributed by atoms with E-state index >= 15 is 0 Å². The van der Waals surface area contributed by atoms with E-state index < -0.39 is 23.3 Å². The Labute approximate surface area is 225 Å². The van der Waals surface area contributed by atoms with Crippen LogP contribution in [0, 0.1) is 5.92 Å². The highest BCUT2D eigenvalue weighted by Crippen LogP contribution is 2.39. The van der Waals surface area contributed by atoms with Gasteiger partial charge in [-0.05, 0) is 43.5 Å². The van der Waals surface area contributed by atoms with Gasteiger partial charge < -0.3 is 9.88 Å². The van der Waals surface area contributed by atoms with Crippen molar-refractivity contribution in [3.8, 4) is 21.7 Å². The minimum atomic E-state index is -4.62. The van der Waals surface area contributed by atoms with E-state index in [-0.39, 0.29) is 28.1 Å². The Morgan fingerprint density at radius 2 is 1.90 bits per heavy atom. The summed E-state index contributed by atoms with van der Waals surface area (Å²) < 4.78 is 41.8. The highest BCUT2D eigenvalue weighted by Gasteiger charge is 2.34. The monoisotopic (exact) mass is 557 g/mol. The van der Waals surface area contributed by atoms with E-state index in [4.69, 9.17) is 0 Å². The number of nitrogens with zero attached hydrogens (tertiary/aromatic N) is 3. The van der Waals surface area contributed by atoms with Gasteiger partial charge in [-0.3, -0.25) is 14.9 Å². The number of fused-ring (bicyclic) bond motifs is 1. The average Bonchev–Trinajstić information content (AvgIpc) is 3.36. The average molecular weight is 558 g/mol. The molecule has 204 valence electrons. The van der Waals surface area contributed by atoms with Gasteiger partial charge in [0.1, 0.15) is 10.8 Å². The molecule has 0 unspecified atom stereocenters. The number of amides is 2. The molecule has 12 heteroatoms. The highest BCUT2D eigenvalue weighted by molar-refractivity contribution is 7.13. The standard InChI is InChI=1S/C27H26F3N5O3S/c1-5-31-26(38)34-23-9-18(25-33-22(13-39-25)27(28,29)30)19(10-32-23)16-6-7-17-21(8-16)35(11-14(2)3)12-20(15(4)36)24(17)37/h6-10,12-14H,5,11H2,1-4H3,(H2,31,32,34,38). The molecule has 0 saturated carbocycles. The van der Waals surface area contributed by atoms with Crippen LogP contribution in [0.4, 0.5) is 23.8 Å². The number of aromatic nitrogens is 3. The van der Waals surface area contributed by atoms with Crippen molar-refractivity contribution in [2.45, 2.75) is 40.4 Å². The molecule has 0 aliphatic rings. The quantitative estimate of drug-likeness (QED) is 0.263. The lowest BCUT2D eigenvalue weighted by Crippen LogP contribution is -2.28. The largest absolute Gasteiger partial charge is 0.434 e. The first kappa shape index (κ1) is 28.0. The molecule has 3 heterocycles. The smallest absolute Gasteiger partial charge is 0.346 e. The molecule has 1 aromatic carbocycles. The van der Waals surface area contributed by atoms with Crippen molar-refractivity contribution in [1.82, 2.24) is 19.9 Å². The summed E-state index contributed by atoms with van der Waals surface area (Å²) >= 11 is 0.819. The number of hydrogen-bond donors (Lipinski definition) is 2. The summed E-state index contributed by atoms with van der Waals surface area (Å²) in [5.74, 6) is -0.00593. The lowest BCUT2D eigenvalue weighted by Gasteiger charge is -2.17. The molecule has 0 radical (unpaired) electrons. The van der Waals surface area contributed by atoms with Crippen molar-refractivity contribution >= 4 is 39.9 Å². The van der Waals surface area contributed by atoms with Crippen molar-refractivity contribution in [3.05, 3.63) is 63.5 Å². The fourth-order valence-electron chi connectivity index (χ4n) is 4.13. The minimum Gasteiger partial charge on any atom is -0.346 e. The first-order chi connectivity index (χ1) is 18.4. The van der Waals surface area contributed by atoms with E-state index in [9.17, 15) is 27.6 Å². The summed E-state index contributed by atoms with van der Waals surface area (Å²) in [6, 6.07) is 5.96. The molecule has 0 atom stereocenters. The number of urea groups is 1. The van der Waals surface area contributed by atoms with E-state index in [1.165, 1.54) is 19.2 Å². The number of rotatable bonds is 7. The summed E-state index contributed by atoms with van der Waals surface area (Å²) in [4.78, 5) is 45.3. The van der Waals surface area contributed by atoms with Crippen LogP contribution in [0.5, 0.6) is 0 Å². The summed E-state index contributed by atoms with van der Waals surface area (Å²) in [6.07, 6.45) is -1.62. The number of anilines is 1. The van der Waals surface area contributed by atoms with Crippen LogP contribution in [0.25, 0.3) is 32.6 Å². The lowest BCUT2D eigenvalue weighted by atomic mass is 9.99. The number of benzene rings is 1. The fourth-order valence-corrected chi connectivity index (χ4v) is 4.99. The van der Waals surface area contributed by atoms with Gasteiger partial charge in [0.15, 0.2) is 16.9 Å². The SMILES string of the molecule is CCNC(=O)Nc1cc(-c2nc(C(F)(F)F)cs2)c(-c2ccc3c(=O)c(C(C)=O)cn(CC(C)C)c3c2)cn1. The maximum Gasteiger partial charge on any atom is 0.434 e. The highest BCUT2D eigenvalue weighted by atomic mass is 32.1. The Balaban J connectivity index is 1.93. The molecule has 39 heavy (non-hydrogen) atoms. The summed E-state index contributed by atoms with van der Waals surface area (Å²) in [5, 5.41) is 6.52. The predicted molar refractivity (Wildman–Crippen MR) is 145 cm³/mol. The van der Waals surface area contributed by atoms with Crippen LogP contribution >= 0.6 is 11.3 Å². The molecule has 0 aliphatic carbocycles. The molecule has 0 spiro atoms. The number of ketones is 1. The molecule has 0 aliphatic heterocycles. The molecular formula is C27H26F3N5O3S. The number of hydrogen-bond acceptors (Lipinski definition) is 6. The molecule has 4 rings (SSSR count). The second-order valence-electron chi connectivity index (χ2n) is 9.34. The summed E-state index contributed by atoms with van der Waals surface area (Å²) in [6.45, 7) is 8.00. The number of carbonyl (C=O) groups excluding carboxylic acids is 2. The van der Waals surface area contributed by atoms with Gasteiger partial charge >= 0.3 is 12.2 Å². The van der Waals surface area contributed by atoms with Crippen LogP contribution in [0.15, 0.2) is 46.8 Å². The van der Waals surface area contributed by atoms with Crippen molar-refractivity contribution < 1.29 is 22.8 Å². The number of pyridine rings is 2. The summed E-state index contributed by atoms with van der Waals surface area (Å²) in [7, 11) is 0. The zero-order chi connectivity index (χ0) is 28.5. The van der Waals surface area contributed by atoms with E-state index in [1.807, 2.05) is 18.4 Å². The van der Waals surface area contributed by atoms with Gasteiger partial charge in [-0.15, -0.1) is 11.3 Å². The molecule has 2 amide bonds. The number of carbonyl (C=O) groups is 2. The predicted octanol–water partition coefficient (Wildman–Crippen LogP) is 6.21. The molecule has 0 saturated heterocycles. The number of alkyl halides is 3. The van der Waals surface area contributed by atoms with Gasteiger partial charge in [-0.2, -0.15) is 13.2 Å².